The predicted molar refractivity (Wildman–Crippen MR) is 136 cm³/mol. The molecule has 2 atom stereocenters. The highest BCUT2D eigenvalue weighted by atomic mass is 35.5. The molecular formula is C30H24ClNO3. The molecule has 0 radical (unpaired) electrons. The van der Waals surface area contributed by atoms with E-state index in [1.165, 1.54) is 4.90 Å². The van der Waals surface area contributed by atoms with Gasteiger partial charge in [-0.05, 0) is 30.2 Å². The van der Waals surface area contributed by atoms with Gasteiger partial charge in [0.2, 0.25) is 5.91 Å². The quantitative estimate of drug-likeness (QED) is 0.305. The van der Waals surface area contributed by atoms with Gasteiger partial charge in [0.05, 0.1) is 5.92 Å². The van der Waals surface area contributed by atoms with Crippen molar-refractivity contribution < 1.29 is 14.3 Å². The number of hydrogen-bond acceptors (Lipinski definition) is 3. The molecule has 0 unspecified atom stereocenters. The highest BCUT2D eigenvalue weighted by molar-refractivity contribution is 6.30. The van der Waals surface area contributed by atoms with Gasteiger partial charge in [-0.3, -0.25) is 4.79 Å². The number of nitrogens with zero attached hydrogens (tertiary/aromatic N) is 1. The molecule has 4 aromatic carbocycles. The highest BCUT2D eigenvalue weighted by Crippen LogP contribution is 2.53. The van der Waals surface area contributed by atoms with Gasteiger partial charge >= 0.3 is 6.09 Å². The number of halogens is 1. The molecule has 0 aliphatic carbocycles. The Morgan fingerprint density at radius 2 is 1.29 bits per heavy atom. The van der Waals surface area contributed by atoms with Crippen LogP contribution in [0.4, 0.5) is 4.79 Å². The van der Waals surface area contributed by atoms with Gasteiger partial charge in [-0.1, -0.05) is 115 Å². The van der Waals surface area contributed by atoms with E-state index < -0.39 is 23.7 Å². The fourth-order valence-corrected chi connectivity index (χ4v) is 4.97. The van der Waals surface area contributed by atoms with Gasteiger partial charge < -0.3 is 4.74 Å². The minimum absolute atomic E-state index is 0.333. The van der Waals surface area contributed by atoms with Gasteiger partial charge in [-0.25, -0.2) is 9.69 Å². The van der Waals surface area contributed by atoms with E-state index in [2.05, 4.69) is 0 Å². The van der Waals surface area contributed by atoms with Crippen molar-refractivity contribution in [3.63, 3.8) is 0 Å². The zero-order chi connectivity index (χ0) is 24.4. The molecule has 1 fully saturated rings. The number of carbonyl (C=O) groups is 2. The third kappa shape index (κ3) is 4.00. The fourth-order valence-electron chi connectivity index (χ4n) is 4.84. The van der Waals surface area contributed by atoms with Crippen molar-refractivity contribution in [1.29, 1.82) is 0 Å². The third-order valence-corrected chi connectivity index (χ3v) is 6.84. The Bertz CT molecular complexity index is 1290. The van der Waals surface area contributed by atoms with Crippen LogP contribution >= 0.6 is 11.6 Å². The van der Waals surface area contributed by atoms with E-state index in [0.717, 1.165) is 22.3 Å². The lowest BCUT2D eigenvalue weighted by Gasteiger charge is -2.36. The van der Waals surface area contributed by atoms with Crippen LogP contribution in [0.25, 0.3) is 0 Å². The molecule has 0 saturated carbocycles. The molecular weight excluding hydrogens is 458 g/mol. The van der Waals surface area contributed by atoms with Crippen LogP contribution in [0, 0.1) is 0 Å². The minimum Gasteiger partial charge on any atom is -0.430 e. The molecule has 35 heavy (non-hydrogen) atoms. The van der Waals surface area contributed by atoms with Crippen molar-refractivity contribution >= 4 is 23.6 Å². The average Bonchev–Trinajstić information content (AvgIpc) is 3.23. The van der Waals surface area contributed by atoms with E-state index in [1.807, 2.05) is 103 Å². The van der Waals surface area contributed by atoms with Gasteiger partial charge in [-0.2, -0.15) is 0 Å². The number of rotatable bonds is 5. The van der Waals surface area contributed by atoms with Crippen LogP contribution in [0.1, 0.15) is 41.1 Å². The molecule has 1 aliphatic rings. The first kappa shape index (κ1) is 22.9. The first-order valence-corrected chi connectivity index (χ1v) is 11.9. The van der Waals surface area contributed by atoms with Crippen LogP contribution in [-0.4, -0.2) is 16.9 Å². The second-order valence-electron chi connectivity index (χ2n) is 8.63. The molecule has 5 heteroatoms. The van der Waals surface area contributed by atoms with Crippen LogP contribution in [-0.2, 0) is 15.1 Å². The molecule has 5 rings (SSSR count). The van der Waals surface area contributed by atoms with Crippen molar-refractivity contribution in [2.24, 2.45) is 0 Å². The summed E-state index contributed by atoms with van der Waals surface area (Å²) in [6.07, 6.45) is -0.669. The summed E-state index contributed by atoms with van der Waals surface area (Å²) >= 11 is 6.05. The predicted octanol–water partition coefficient (Wildman–Crippen LogP) is 7.11. The van der Waals surface area contributed by atoms with Crippen LogP contribution in [0.3, 0.4) is 0 Å². The maximum atomic E-state index is 14.0. The summed E-state index contributed by atoms with van der Waals surface area (Å²) in [4.78, 5) is 28.9. The highest BCUT2D eigenvalue weighted by Gasteiger charge is 2.59. The number of imide groups is 1. The zero-order valence-corrected chi connectivity index (χ0v) is 19.9. The van der Waals surface area contributed by atoms with Crippen molar-refractivity contribution in [2.45, 2.75) is 24.5 Å². The Morgan fingerprint density at radius 3 is 1.80 bits per heavy atom. The molecule has 174 valence electrons. The molecule has 1 heterocycles. The first-order chi connectivity index (χ1) is 17.0. The van der Waals surface area contributed by atoms with Crippen LogP contribution in [0.5, 0.6) is 0 Å². The Kier molecular flexibility index (Phi) is 6.14. The van der Waals surface area contributed by atoms with E-state index in [0.29, 0.717) is 5.02 Å². The Labute approximate surface area is 209 Å². The van der Waals surface area contributed by atoms with E-state index in [4.69, 9.17) is 16.3 Å². The summed E-state index contributed by atoms with van der Waals surface area (Å²) < 4.78 is 6.27. The summed E-state index contributed by atoms with van der Waals surface area (Å²) in [6.45, 7) is 1.80. The monoisotopic (exact) mass is 481 g/mol. The molecule has 1 aliphatic heterocycles. The standard InChI is InChI=1S/C30H24ClNO3/c1-21(22-17-19-26(31)20-18-22)28(33)32-27(23-11-5-2-6-12-23)30(35-29(32)34,24-13-7-3-8-14-24)25-15-9-4-10-16-25/h2-21,27H,1H3/t21-,27+/m1/s1. The summed E-state index contributed by atoms with van der Waals surface area (Å²) in [5, 5.41) is 0.586. The van der Waals surface area contributed by atoms with Gasteiger partial charge in [0.25, 0.3) is 0 Å². The SMILES string of the molecule is C[C@@H](C(=O)N1C(=O)OC(c2ccccc2)(c2ccccc2)[C@@H]1c1ccccc1)c1ccc(Cl)cc1. The molecule has 4 aromatic rings. The zero-order valence-electron chi connectivity index (χ0n) is 19.2. The smallest absolute Gasteiger partial charge is 0.418 e. The summed E-state index contributed by atoms with van der Waals surface area (Å²) in [6, 6.07) is 35.2. The summed E-state index contributed by atoms with van der Waals surface area (Å²) in [5.74, 6) is -0.909. The lowest BCUT2D eigenvalue weighted by Crippen LogP contribution is -2.41. The molecule has 0 N–H and O–H groups in total. The molecule has 1 saturated heterocycles. The van der Waals surface area contributed by atoms with Gasteiger partial charge in [-0.15, -0.1) is 0 Å². The number of hydrogen-bond donors (Lipinski definition) is 0. The average molecular weight is 482 g/mol. The molecule has 2 amide bonds. The Morgan fingerprint density at radius 1 is 0.800 bits per heavy atom. The van der Waals surface area contributed by atoms with Crippen LogP contribution in [0.15, 0.2) is 115 Å². The number of carbonyl (C=O) groups excluding carboxylic acids is 2. The lowest BCUT2D eigenvalue weighted by atomic mass is 9.77. The lowest BCUT2D eigenvalue weighted by molar-refractivity contribution is -0.131. The van der Waals surface area contributed by atoms with E-state index >= 15 is 0 Å². The second-order valence-corrected chi connectivity index (χ2v) is 9.07. The van der Waals surface area contributed by atoms with Gasteiger partial charge in [0, 0.05) is 16.1 Å². The van der Waals surface area contributed by atoms with E-state index in [-0.39, 0.29) is 5.91 Å². The summed E-state index contributed by atoms with van der Waals surface area (Å²) in [5.41, 5.74) is 1.96. The molecule has 0 bridgehead atoms. The van der Waals surface area contributed by atoms with Crippen molar-refractivity contribution in [3.8, 4) is 0 Å². The first-order valence-electron chi connectivity index (χ1n) is 11.5. The van der Waals surface area contributed by atoms with E-state index in [1.54, 1.807) is 19.1 Å². The Hall–Kier alpha value is -3.89. The van der Waals surface area contributed by atoms with Crippen LogP contribution in [0.2, 0.25) is 5.02 Å². The Balaban J connectivity index is 1.71. The number of ether oxygens (including phenoxy) is 1. The number of cyclic esters (lactones) is 1. The van der Waals surface area contributed by atoms with Crippen molar-refractivity contribution in [3.05, 3.63) is 143 Å². The second kappa shape index (κ2) is 9.40. The maximum Gasteiger partial charge on any atom is 0.418 e. The minimum atomic E-state index is -1.21. The summed E-state index contributed by atoms with van der Waals surface area (Å²) in [7, 11) is 0. The van der Waals surface area contributed by atoms with Crippen molar-refractivity contribution in [1.82, 2.24) is 4.90 Å². The van der Waals surface area contributed by atoms with Crippen LogP contribution < -0.4 is 0 Å². The normalized spacial score (nSPS) is 17.6. The van der Waals surface area contributed by atoms with Gasteiger partial charge in [0.15, 0.2) is 5.60 Å². The third-order valence-electron chi connectivity index (χ3n) is 6.59. The topological polar surface area (TPSA) is 46.6 Å². The molecule has 4 nitrogen and oxygen atoms in total. The largest absolute Gasteiger partial charge is 0.430 e. The molecule has 0 spiro atoms. The van der Waals surface area contributed by atoms with Crippen molar-refractivity contribution in [2.75, 3.05) is 0 Å². The number of amides is 2. The number of benzene rings is 4. The molecule has 0 aromatic heterocycles. The van der Waals surface area contributed by atoms with Gasteiger partial charge in [0.1, 0.15) is 6.04 Å². The van der Waals surface area contributed by atoms with E-state index in [9.17, 15) is 9.59 Å². The maximum absolute atomic E-state index is 14.0. The fraction of sp³-hybridized carbons (Fsp3) is 0.133.